The lowest BCUT2D eigenvalue weighted by Gasteiger charge is -2.16. The van der Waals surface area contributed by atoms with Gasteiger partial charge in [-0.3, -0.25) is 4.79 Å². The third-order valence-corrected chi connectivity index (χ3v) is 3.97. The van der Waals surface area contributed by atoms with Crippen LogP contribution in [0.3, 0.4) is 0 Å². The van der Waals surface area contributed by atoms with Gasteiger partial charge in [0.2, 0.25) is 5.91 Å². The minimum atomic E-state index is -4.48. The molecular weight excluding hydrogens is 309 g/mol. The summed E-state index contributed by atoms with van der Waals surface area (Å²) in [5.41, 5.74) is -0.382. The number of alkyl halides is 3. The summed E-state index contributed by atoms with van der Waals surface area (Å²) in [4.78, 5) is 16.0. The lowest BCUT2D eigenvalue weighted by molar-refractivity contribution is -0.137. The standard InChI is InChI=1S/C15H15F3N4O/c16-15(17,18)11-5-6-13(22-9-19-8-20-22)12(7-11)21-14(23)10-3-1-2-4-10/h5-10H,1-4H2,(H,21,23). The molecule has 0 atom stereocenters. The highest BCUT2D eigenvalue weighted by Crippen LogP contribution is 2.34. The first-order valence-corrected chi connectivity index (χ1v) is 7.32. The molecule has 2 aromatic rings. The number of benzene rings is 1. The number of hydrogen-bond acceptors (Lipinski definition) is 3. The van der Waals surface area contributed by atoms with Gasteiger partial charge >= 0.3 is 6.18 Å². The van der Waals surface area contributed by atoms with Crippen LogP contribution >= 0.6 is 0 Å². The first-order chi connectivity index (χ1) is 10.9. The Labute approximate surface area is 130 Å². The third-order valence-electron chi connectivity index (χ3n) is 3.97. The van der Waals surface area contributed by atoms with Crippen molar-refractivity contribution in [2.45, 2.75) is 31.9 Å². The number of nitrogens with one attached hydrogen (secondary N) is 1. The Hall–Kier alpha value is -2.38. The maximum atomic E-state index is 12.9. The normalized spacial score (nSPS) is 15.8. The quantitative estimate of drug-likeness (QED) is 0.941. The number of nitrogens with zero attached hydrogens (tertiary/aromatic N) is 3. The van der Waals surface area contributed by atoms with Crippen LogP contribution in [0.1, 0.15) is 31.2 Å². The van der Waals surface area contributed by atoms with Crippen molar-refractivity contribution in [1.82, 2.24) is 14.8 Å². The summed E-state index contributed by atoms with van der Waals surface area (Å²) >= 11 is 0. The van der Waals surface area contributed by atoms with Gasteiger partial charge in [0, 0.05) is 5.92 Å². The van der Waals surface area contributed by atoms with Crippen molar-refractivity contribution in [1.29, 1.82) is 0 Å². The molecule has 0 spiro atoms. The van der Waals surface area contributed by atoms with Gasteiger partial charge in [0.25, 0.3) is 0 Å². The van der Waals surface area contributed by atoms with Crippen LogP contribution in [0.15, 0.2) is 30.9 Å². The first kappa shape index (κ1) is 15.5. The average molecular weight is 324 g/mol. The molecule has 8 heteroatoms. The zero-order valence-corrected chi connectivity index (χ0v) is 12.2. The second-order valence-corrected chi connectivity index (χ2v) is 5.54. The van der Waals surface area contributed by atoms with Crippen LogP contribution in [0.25, 0.3) is 5.69 Å². The largest absolute Gasteiger partial charge is 0.416 e. The predicted octanol–water partition coefficient (Wildman–Crippen LogP) is 3.41. The Kier molecular flexibility index (Phi) is 4.06. The monoisotopic (exact) mass is 324 g/mol. The van der Waals surface area contributed by atoms with E-state index >= 15 is 0 Å². The fraction of sp³-hybridized carbons (Fsp3) is 0.400. The van der Waals surface area contributed by atoms with Gasteiger partial charge in [0.1, 0.15) is 12.7 Å². The van der Waals surface area contributed by atoms with Crippen molar-refractivity contribution in [3.05, 3.63) is 36.4 Å². The lowest BCUT2D eigenvalue weighted by Crippen LogP contribution is -2.22. The summed E-state index contributed by atoms with van der Waals surface area (Å²) in [6.45, 7) is 0. The molecule has 1 N–H and O–H groups in total. The van der Waals surface area contributed by atoms with E-state index in [2.05, 4.69) is 15.4 Å². The van der Waals surface area contributed by atoms with Gasteiger partial charge in [-0.15, -0.1) is 0 Å². The van der Waals surface area contributed by atoms with E-state index in [0.717, 1.165) is 37.8 Å². The van der Waals surface area contributed by atoms with E-state index in [-0.39, 0.29) is 17.5 Å². The van der Waals surface area contributed by atoms with Crippen LogP contribution in [0.4, 0.5) is 18.9 Å². The minimum Gasteiger partial charge on any atom is -0.324 e. The molecular formula is C15H15F3N4O. The number of aromatic nitrogens is 3. The van der Waals surface area contributed by atoms with Crippen molar-refractivity contribution >= 4 is 11.6 Å². The van der Waals surface area contributed by atoms with Crippen molar-refractivity contribution < 1.29 is 18.0 Å². The zero-order valence-electron chi connectivity index (χ0n) is 12.2. The predicted molar refractivity (Wildman–Crippen MR) is 76.9 cm³/mol. The van der Waals surface area contributed by atoms with Gasteiger partial charge in [0.15, 0.2) is 0 Å². The maximum Gasteiger partial charge on any atom is 0.416 e. The smallest absolute Gasteiger partial charge is 0.324 e. The fourth-order valence-electron chi connectivity index (χ4n) is 2.77. The highest BCUT2D eigenvalue weighted by molar-refractivity contribution is 5.94. The Morgan fingerprint density at radius 3 is 2.61 bits per heavy atom. The summed E-state index contributed by atoms with van der Waals surface area (Å²) < 4.78 is 40.1. The number of rotatable bonds is 3. The average Bonchev–Trinajstić information content (AvgIpc) is 3.20. The molecule has 1 saturated carbocycles. The number of hydrogen-bond donors (Lipinski definition) is 1. The van der Waals surface area contributed by atoms with E-state index in [1.165, 1.54) is 23.4 Å². The van der Waals surface area contributed by atoms with Gasteiger partial charge < -0.3 is 5.32 Å². The van der Waals surface area contributed by atoms with Crippen LogP contribution in [-0.4, -0.2) is 20.7 Å². The zero-order chi connectivity index (χ0) is 16.4. The molecule has 5 nitrogen and oxygen atoms in total. The molecule has 1 amide bonds. The van der Waals surface area contributed by atoms with Crippen molar-refractivity contribution in [3.8, 4) is 5.69 Å². The van der Waals surface area contributed by atoms with Crippen LogP contribution in [0.5, 0.6) is 0 Å². The molecule has 3 rings (SSSR count). The molecule has 1 fully saturated rings. The SMILES string of the molecule is O=C(Nc1cc(C(F)(F)F)ccc1-n1cncn1)C1CCCC1. The molecule has 0 radical (unpaired) electrons. The molecule has 1 aliphatic rings. The molecule has 0 aliphatic heterocycles. The minimum absolute atomic E-state index is 0.0854. The van der Waals surface area contributed by atoms with E-state index in [0.29, 0.717) is 5.69 Å². The highest BCUT2D eigenvalue weighted by atomic mass is 19.4. The van der Waals surface area contributed by atoms with Gasteiger partial charge in [0.05, 0.1) is 16.9 Å². The summed E-state index contributed by atoms with van der Waals surface area (Å²) in [6.07, 6.45) is 1.64. The lowest BCUT2D eigenvalue weighted by atomic mass is 10.1. The molecule has 1 aliphatic carbocycles. The van der Waals surface area contributed by atoms with E-state index in [9.17, 15) is 18.0 Å². The van der Waals surface area contributed by atoms with E-state index in [1.54, 1.807) is 0 Å². The Morgan fingerprint density at radius 2 is 2.00 bits per heavy atom. The summed E-state index contributed by atoms with van der Waals surface area (Å²) in [7, 11) is 0. The van der Waals surface area contributed by atoms with Crippen LogP contribution < -0.4 is 5.32 Å². The molecule has 1 aromatic heterocycles. The molecule has 0 bridgehead atoms. The summed E-state index contributed by atoms with van der Waals surface area (Å²) in [6, 6.07) is 3.17. The van der Waals surface area contributed by atoms with E-state index < -0.39 is 11.7 Å². The molecule has 122 valence electrons. The topological polar surface area (TPSA) is 59.8 Å². The highest BCUT2D eigenvalue weighted by Gasteiger charge is 2.32. The summed E-state index contributed by atoms with van der Waals surface area (Å²) in [5.74, 6) is -0.392. The van der Waals surface area contributed by atoms with Gasteiger partial charge in [-0.25, -0.2) is 9.67 Å². The molecule has 1 heterocycles. The second-order valence-electron chi connectivity index (χ2n) is 5.54. The number of amides is 1. The van der Waals surface area contributed by atoms with Gasteiger partial charge in [-0.2, -0.15) is 18.3 Å². The van der Waals surface area contributed by atoms with Crippen LogP contribution in [-0.2, 0) is 11.0 Å². The van der Waals surface area contributed by atoms with Crippen LogP contribution in [0.2, 0.25) is 0 Å². The van der Waals surface area contributed by atoms with Crippen molar-refractivity contribution in [2.24, 2.45) is 5.92 Å². The Morgan fingerprint density at radius 1 is 1.26 bits per heavy atom. The number of anilines is 1. The number of halogens is 3. The Bertz CT molecular complexity index is 691. The van der Waals surface area contributed by atoms with Gasteiger partial charge in [-0.05, 0) is 31.0 Å². The molecule has 1 aromatic carbocycles. The van der Waals surface area contributed by atoms with Gasteiger partial charge in [-0.1, -0.05) is 12.8 Å². The molecule has 0 unspecified atom stereocenters. The summed E-state index contributed by atoms with van der Waals surface area (Å²) in [5, 5.41) is 6.54. The Balaban J connectivity index is 1.95. The fourth-order valence-corrected chi connectivity index (χ4v) is 2.77. The second kappa shape index (κ2) is 6.02. The maximum absolute atomic E-state index is 12.9. The third kappa shape index (κ3) is 3.35. The first-order valence-electron chi connectivity index (χ1n) is 7.32. The number of carbonyl (C=O) groups excluding carboxylic acids is 1. The van der Waals surface area contributed by atoms with Crippen molar-refractivity contribution in [3.63, 3.8) is 0 Å². The molecule has 23 heavy (non-hydrogen) atoms. The van der Waals surface area contributed by atoms with Crippen molar-refractivity contribution in [2.75, 3.05) is 5.32 Å². The van der Waals surface area contributed by atoms with E-state index in [1.807, 2.05) is 0 Å². The van der Waals surface area contributed by atoms with E-state index in [4.69, 9.17) is 0 Å². The molecule has 0 saturated heterocycles. The number of carbonyl (C=O) groups is 1. The van der Waals surface area contributed by atoms with Crippen LogP contribution in [0, 0.1) is 5.92 Å².